The number of anilines is 4. The van der Waals surface area contributed by atoms with Crippen LogP contribution in [0.2, 0.25) is 0 Å². The number of nitrogen functional groups attached to an aromatic ring is 1. The van der Waals surface area contributed by atoms with Crippen molar-refractivity contribution in [3.8, 4) is 0 Å². The average molecular weight is 280 g/mol. The highest BCUT2D eigenvalue weighted by molar-refractivity contribution is 5.82. The fourth-order valence-corrected chi connectivity index (χ4v) is 2.75. The molecule has 21 heavy (non-hydrogen) atoms. The molecule has 5 heteroatoms. The Hall–Kier alpha value is -2.69. The van der Waals surface area contributed by atoms with Gasteiger partial charge in [-0.15, -0.1) is 0 Å². The molecule has 1 aliphatic heterocycles. The maximum Gasteiger partial charge on any atom is 0.303 e. The summed E-state index contributed by atoms with van der Waals surface area (Å²) in [5.74, 6) is 0. The van der Waals surface area contributed by atoms with Crippen molar-refractivity contribution in [1.82, 2.24) is 4.98 Å². The van der Waals surface area contributed by atoms with Gasteiger partial charge in [-0.3, -0.25) is 4.90 Å². The number of para-hydroxylation sites is 2. The molecule has 0 bridgehead atoms. The molecule has 5 nitrogen and oxygen atoms in total. The van der Waals surface area contributed by atoms with Gasteiger partial charge in [-0.05, 0) is 24.3 Å². The van der Waals surface area contributed by atoms with Gasteiger partial charge >= 0.3 is 6.01 Å². The lowest BCUT2D eigenvalue weighted by atomic mass is 10.2. The Bertz CT molecular complexity index is 811. The van der Waals surface area contributed by atoms with E-state index in [1.807, 2.05) is 30.3 Å². The summed E-state index contributed by atoms with van der Waals surface area (Å²) in [5, 5.41) is 0. The first-order chi connectivity index (χ1) is 10.2. The van der Waals surface area contributed by atoms with Crippen LogP contribution >= 0.6 is 0 Å². The number of aromatic nitrogens is 1. The van der Waals surface area contributed by atoms with Crippen molar-refractivity contribution in [2.45, 2.75) is 0 Å². The Morgan fingerprint density at radius 2 is 1.90 bits per heavy atom. The summed E-state index contributed by atoms with van der Waals surface area (Å²) in [5.41, 5.74) is 10.3. The molecule has 2 aromatic carbocycles. The number of benzene rings is 2. The quantitative estimate of drug-likeness (QED) is 0.694. The fourth-order valence-electron chi connectivity index (χ4n) is 2.75. The van der Waals surface area contributed by atoms with Crippen molar-refractivity contribution in [2.75, 3.05) is 35.7 Å². The van der Waals surface area contributed by atoms with E-state index in [0.29, 0.717) is 11.7 Å². The van der Waals surface area contributed by atoms with Crippen molar-refractivity contribution in [2.24, 2.45) is 0 Å². The molecule has 0 aliphatic carbocycles. The Morgan fingerprint density at radius 3 is 2.76 bits per heavy atom. The fraction of sp³-hybridized carbons (Fsp3) is 0.188. The third-order valence-corrected chi connectivity index (χ3v) is 3.87. The van der Waals surface area contributed by atoms with E-state index in [-0.39, 0.29) is 0 Å². The van der Waals surface area contributed by atoms with E-state index in [0.717, 1.165) is 29.9 Å². The van der Waals surface area contributed by atoms with Crippen LogP contribution < -0.4 is 15.5 Å². The van der Waals surface area contributed by atoms with E-state index in [4.69, 9.17) is 10.2 Å². The predicted octanol–water partition coefficient (Wildman–Crippen LogP) is 3.00. The summed E-state index contributed by atoms with van der Waals surface area (Å²) in [7, 11) is 2.10. The lowest BCUT2D eigenvalue weighted by Crippen LogP contribution is -2.36. The summed E-state index contributed by atoms with van der Waals surface area (Å²) in [4.78, 5) is 8.95. The second-order valence-corrected chi connectivity index (χ2v) is 5.29. The molecular formula is C16H16N4O. The van der Waals surface area contributed by atoms with E-state index < -0.39 is 0 Å². The van der Waals surface area contributed by atoms with Crippen LogP contribution in [0.3, 0.4) is 0 Å². The largest absolute Gasteiger partial charge is 0.423 e. The second kappa shape index (κ2) is 4.41. The summed E-state index contributed by atoms with van der Waals surface area (Å²) in [6.07, 6.45) is 0. The molecule has 0 saturated heterocycles. The first-order valence-corrected chi connectivity index (χ1v) is 6.96. The van der Waals surface area contributed by atoms with Gasteiger partial charge in [0, 0.05) is 31.9 Å². The van der Waals surface area contributed by atoms with Crippen LogP contribution in [0.25, 0.3) is 11.1 Å². The molecule has 0 fully saturated rings. The van der Waals surface area contributed by atoms with Crippen LogP contribution in [0.1, 0.15) is 0 Å². The normalized spacial score (nSPS) is 14.5. The van der Waals surface area contributed by atoms with Crippen molar-refractivity contribution < 1.29 is 4.42 Å². The molecule has 3 aromatic rings. The highest BCUT2D eigenvalue weighted by Crippen LogP contribution is 2.37. The van der Waals surface area contributed by atoms with E-state index in [1.54, 1.807) is 0 Å². The van der Waals surface area contributed by atoms with Gasteiger partial charge in [0.25, 0.3) is 0 Å². The standard InChI is InChI=1S/C16H16N4O/c1-19-8-9-20(14-5-3-2-4-13(14)19)16-18-12-7-6-11(17)10-15(12)21-16/h2-7,10H,8-9,17H2,1H3. The van der Waals surface area contributed by atoms with Crippen molar-refractivity contribution >= 4 is 34.2 Å². The number of nitrogens with two attached hydrogens (primary N) is 1. The Kier molecular flexibility index (Phi) is 2.54. The smallest absolute Gasteiger partial charge is 0.303 e. The highest BCUT2D eigenvalue weighted by Gasteiger charge is 2.24. The van der Waals surface area contributed by atoms with E-state index in [9.17, 15) is 0 Å². The van der Waals surface area contributed by atoms with Gasteiger partial charge in [-0.2, -0.15) is 4.98 Å². The highest BCUT2D eigenvalue weighted by atomic mass is 16.4. The number of rotatable bonds is 1. The molecule has 0 radical (unpaired) electrons. The van der Waals surface area contributed by atoms with Crippen LogP contribution in [0.4, 0.5) is 23.1 Å². The minimum atomic E-state index is 0.621. The van der Waals surface area contributed by atoms with Gasteiger partial charge in [-0.1, -0.05) is 12.1 Å². The minimum absolute atomic E-state index is 0.621. The van der Waals surface area contributed by atoms with Gasteiger partial charge in [0.2, 0.25) is 0 Å². The van der Waals surface area contributed by atoms with Crippen molar-refractivity contribution in [1.29, 1.82) is 0 Å². The molecule has 1 aromatic heterocycles. The molecule has 1 aliphatic rings. The van der Waals surface area contributed by atoms with Crippen molar-refractivity contribution in [3.05, 3.63) is 42.5 Å². The number of hydrogen-bond acceptors (Lipinski definition) is 5. The molecule has 106 valence electrons. The van der Waals surface area contributed by atoms with E-state index >= 15 is 0 Å². The molecule has 0 saturated carbocycles. The zero-order chi connectivity index (χ0) is 14.4. The lowest BCUT2D eigenvalue weighted by Gasteiger charge is -2.34. The topological polar surface area (TPSA) is 58.5 Å². The van der Waals surface area contributed by atoms with E-state index in [1.165, 1.54) is 5.69 Å². The Balaban J connectivity index is 1.83. The van der Waals surface area contributed by atoms with Gasteiger partial charge in [-0.25, -0.2) is 0 Å². The molecule has 0 amide bonds. The molecule has 2 N–H and O–H groups in total. The third kappa shape index (κ3) is 1.89. The van der Waals surface area contributed by atoms with Gasteiger partial charge < -0.3 is 15.1 Å². The Morgan fingerprint density at radius 1 is 1.10 bits per heavy atom. The van der Waals surface area contributed by atoms with Crippen LogP contribution in [0.15, 0.2) is 46.9 Å². The van der Waals surface area contributed by atoms with Crippen LogP contribution in [-0.2, 0) is 0 Å². The second-order valence-electron chi connectivity index (χ2n) is 5.29. The first kappa shape index (κ1) is 12.1. The molecular weight excluding hydrogens is 264 g/mol. The van der Waals surface area contributed by atoms with Crippen LogP contribution in [0, 0.1) is 0 Å². The average Bonchev–Trinajstić information content (AvgIpc) is 2.90. The van der Waals surface area contributed by atoms with Gasteiger partial charge in [0.1, 0.15) is 5.52 Å². The zero-order valence-corrected chi connectivity index (χ0v) is 11.8. The number of likely N-dealkylation sites (N-methyl/N-ethyl adjacent to an activating group) is 1. The maximum absolute atomic E-state index is 5.90. The minimum Gasteiger partial charge on any atom is -0.423 e. The number of hydrogen-bond donors (Lipinski definition) is 1. The number of nitrogens with zero attached hydrogens (tertiary/aromatic N) is 3. The lowest BCUT2D eigenvalue weighted by molar-refractivity contribution is 0.588. The molecule has 4 rings (SSSR count). The summed E-state index contributed by atoms with van der Waals surface area (Å²) < 4.78 is 5.90. The van der Waals surface area contributed by atoms with Crippen LogP contribution in [-0.4, -0.2) is 25.1 Å². The van der Waals surface area contributed by atoms with Gasteiger partial charge in [0.15, 0.2) is 5.58 Å². The molecule has 0 atom stereocenters. The van der Waals surface area contributed by atoms with E-state index in [2.05, 4.69) is 34.0 Å². The zero-order valence-electron chi connectivity index (χ0n) is 11.8. The molecule has 0 spiro atoms. The number of fused-ring (bicyclic) bond motifs is 2. The predicted molar refractivity (Wildman–Crippen MR) is 85.1 cm³/mol. The molecule has 2 heterocycles. The summed E-state index contributed by atoms with van der Waals surface area (Å²) in [6, 6.07) is 14.4. The van der Waals surface area contributed by atoms with Crippen LogP contribution in [0.5, 0.6) is 0 Å². The SMILES string of the molecule is CN1CCN(c2nc3ccc(N)cc3o2)c2ccccc21. The maximum atomic E-state index is 5.90. The monoisotopic (exact) mass is 280 g/mol. The van der Waals surface area contributed by atoms with Crippen molar-refractivity contribution in [3.63, 3.8) is 0 Å². The molecule has 0 unspecified atom stereocenters. The summed E-state index contributed by atoms with van der Waals surface area (Å²) >= 11 is 0. The van der Waals surface area contributed by atoms with Gasteiger partial charge in [0.05, 0.1) is 11.4 Å². The Labute approximate surface area is 122 Å². The first-order valence-electron chi connectivity index (χ1n) is 6.96. The summed E-state index contributed by atoms with van der Waals surface area (Å²) in [6.45, 7) is 1.77. The number of oxazole rings is 1. The third-order valence-electron chi connectivity index (χ3n) is 3.87.